The quantitative estimate of drug-likeness (QED) is 0.525. The Labute approximate surface area is 165 Å². The molecule has 6 fully saturated rings. The second-order valence-electron chi connectivity index (χ2n) is 10.6. The third-order valence-corrected chi connectivity index (χ3v) is 8.96. The van der Waals surface area contributed by atoms with E-state index >= 15 is 0 Å². The first kappa shape index (κ1) is 18.8. The summed E-state index contributed by atoms with van der Waals surface area (Å²) in [5.41, 5.74) is -1.53. The topological polar surface area (TPSA) is 93.1 Å². The highest BCUT2D eigenvalue weighted by molar-refractivity contribution is 6.04. The maximum atomic E-state index is 13.6. The summed E-state index contributed by atoms with van der Waals surface area (Å²) < 4.78 is 11.8. The van der Waals surface area contributed by atoms with Crippen molar-refractivity contribution in [1.29, 1.82) is 0 Å². The third kappa shape index (κ3) is 1.81. The molecule has 0 amide bonds. The second kappa shape index (κ2) is 5.27. The molecule has 8 atom stereocenters. The minimum atomic E-state index is -1.97. The number of Topliss-reactive ketones (excluding diaryl/α,β-unsaturated/α-hetero) is 1. The molecule has 0 radical (unpaired) electrons. The van der Waals surface area contributed by atoms with Crippen molar-refractivity contribution in [3.05, 3.63) is 12.2 Å². The molecule has 2 saturated heterocycles. The van der Waals surface area contributed by atoms with Gasteiger partial charge in [-0.05, 0) is 42.6 Å². The number of carbonyl (C=O) groups is 2. The maximum absolute atomic E-state index is 13.6. The number of aliphatic hydroxyl groups is 2. The molecule has 28 heavy (non-hydrogen) atoms. The zero-order valence-corrected chi connectivity index (χ0v) is 16.9. The summed E-state index contributed by atoms with van der Waals surface area (Å²) in [6, 6.07) is 0. The van der Waals surface area contributed by atoms with Gasteiger partial charge in [0, 0.05) is 24.2 Å². The van der Waals surface area contributed by atoms with Gasteiger partial charge in [-0.3, -0.25) is 9.59 Å². The second-order valence-corrected chi connectivity index (χ2v) is 10.6. The number of carbonyl (C=O) groups excluding carboxylic acids is 2. The summed E-state index contributed by atoms with van der Waals surface area (Å²) in [6.07, 6.45) is 2.03. The van der Waals surface area contributed by atoms with Crippen LogP contribution in [0.4, 0.5) is 0 Å². The zero-order chi connectivity index (χ0) is 20.3. The van der Waals surface area contributed by atoms with Crippen LogP contribution in [0.3, 0.4) is 0 Å². The fourth-order valence-corrected chi connectivity index (χ4v) is 8.28. The molecule has 4 saturated carbocycles. The van der Waals surface area contributed by atoms with Crippen molar-refractivity contribution in [2.24, 2.45) is 34.0 Å². The number of hydrogen-bond donors (Lipinski definition) is 2. The Bertz CT molecular complexity index is 788. The van der Waals surface area contributed by atoms with E-state index in [2.05, 4.69) is 20.4 Å². The molecular formula is C22H30O6. The predicted molar refractivity (Wildman–Crippen MR) is 98.8 cm³/mol. The van der Waals surface area contributed by atoms with Crippen LogP contribution in [0.1, 0.15) is 52.9 Å². The maximum Gasteiger partial charge on any atom is 0.302 e. The number of ether oxygens (including phenoxy) is 2. The van der Waals surface area contributed by atoms with Crippen LogP contribution in [0.25, 0.3) is 0 Å². The van der Waals surface area contributed by atoms with Gasteiger partial charge in [-0.15, -0.1) is 0 Å². The smallest absolute Gasteiger partial charge is 0.302 e. The van der Waals surface area contributed by atoms with E-state index in [1.807, 2.05) is 0 Å². The molecule has 2 spiro atoms. The summed E-state index contributed by atoms with van der Waals surface area (Å²) in [6.45, 7) is 9.93. The van der Waals surface area contributed by atoms with Gasteiger partial charge in [-0.25, -0.2) is 0 Å². The lowest BCUT2D eigenvalue weighted by molar-refractivity contribution is -0.445. The van der Waals surface area contributed by atoms with E-state index in [1.165, 1.54) is 6.92 Å². The Hall–Kier alpha value is -1.24. The molecule has 6 nitrogen and oxygen atoms in total. The van der Waals surface area contributed by atoms with E-state index < -0.39 is 28.8 Å². The average molecular weight is 390 g/mol. The fraction of sp³-hybridized carbons (Fsp3) is 0.818. The van der Waals surface area contributed by atoms with Gasteiger partial charge in [0.2, 0.25) is 5.79 Å². The van der Waals surface area contributed by atoms with Crippen LogP contribution in [0.2, 0.25) is 0 Å². The first-order valence-corrected chi connectivity index (χ1v) is 10.5. The van der Waals surface area contributed by atoms with E-state index in [-0.39, 0.29) is 41.5 Å². The Morgan fingerprint density at radius 1 is 1.29 bits per heavy atom. The van der Waals surface area contributed by atoms with Crippen molar-refractivity contribution >= 4 is 11.8 Å². The lowest BCUT2D eigenvalue weighted by atomic mass is 9.36. The zero-order valence-electron chi connectivity index (χ0n) is 16.9. The van der Waals surface area contributed by atoms with Crippen LogP contribution in [0, 0.1) is 34.0 Å². The lowest BCUT2D eigenvalue weighted by Crippen LogP contribution is -2.83. The van der Waals surface area contributed by atoms with Crippen LogP contribution >= 0.6 is 0 Å². The molecule has 2 heterocycles. The molecular weight excluding hydrogens is 360 g/mol. The number of hydrogen-bond acceptors (Lipinski definition) is 6. The Morgan fingerprint density at radius 3 is 2.68 bits per heavy atom. The molecule has 2 aliphatic heterocycles. The number of allylic oxidation sites excluding steroid dienone is 1. The van der Waals surface area contributed by atoms with Crippen molar-refractivity contribution in [3.63, 3.8) is 0 Å². The summed E-state index contributed by atoms with van der Waals surface area (Å²) in [4.78, 5) is 25.5. The minimum absolute atomic E-state index is 0.154. The number of esters is 1. The highest BCUT2D eigenvalue weighted by Gasteiger charge is 2.84. The Morgan fingerprint density at radius 2 is 2.00 bits per heavy atom. The van der Waals surface area contributed by atoms with Gasteiger partial charge in [0.15, 0.2) is 5.78 Å². The molecule has 0 aromatic carbocycles. The molecule has 0 aromatic heterocycles. The number of ketones is 1. The average Bonchev–Trinajstić information content (AvgIpc) is 2.78. The van der Waals surface area contributed by atoms with Crippen LogP contribution in [0.5, 0.6) is 0 Å². The third-order valence-electron chi connectivity index (χ3n) is 8.96. The van der Waals surface area contributed by atoms with E-state index in [9.17, 15) is 19.8 Å². The molecule has 4 aliphatic carbocycles. The van der Waals surface area contributed by atoms with Crippen molar-refractivity contribution in [3.8, 4) is 0 Å². The molecule has 4 bridgehead atoms. The molecule has 154 valence electrons. The summed E-state index contributed by atoms with van der Waals surface area (Å²) in [5, 5.41) is 23.2. The van der Waals surface area contributed by atoms with Crippen LogP contribution in [-0.2, 0) is 19.1 Å². The largest absolute Gasteiger partial charge is 0.462 e. The number of fused-ring (bicyclic) bond motifs is 2. The van der Waals surface area contributed by atoms with E-state index in [1.54, 1.807) is 0 Å². The SMILES string of the molecule is C=C1C(=O)C23CC1CC(OC(C)=O)C2C12CCCC(C)(C)C1C(O)C3(O)OC2. The molecule has 6 heteroatoms. The highest BCUT2D eigenvalue weighted by Crippen LogP contribution is 2.76. The van der Waals surface area contributed by atoms with Gasteiger partial charge in [-0.1, -0.05) is 26.8 Å². The van der Waals surface area contributed by atoms with Gasteiger partial charge in [-0.2, -0.15) is 0 Å². The van der Waals surface area contributed by atoms with Crippen molar-refractivity contribution in [2.75, 3.05) is 6.61 Å². The van der Waals surface area contributed by atoms with Gasteiger partial charge in [0.05, 0.1) is 12.0 Å². The predicted octanol–water partition coefficient (Wildman–Crippen LogP) is 1.98. The number of rotatable bonds is 1. The van der Waals surface area contributed by atoms with Gasteiger partial charge in [0.1, 0.15) is 12.2 Å². The number of aliphatic hydroxyl groups excluding tert-OH is 1. The normalized spacial score (nSPS) is 53.5. The van der Waals surface area contributed by atoms with E-state index in [4.69, 9.17) is 9.47 Å². The van der Waals surface area contributed by atoms with Gasteiger partial charge < -0.3 is 19.7 Å². The molecule has 0 aromatic rings. The van der Waals surface area contributed by atoms with Crippen LogP contribution < -0.4 is 0 Å². The molecule has 2 N–H and O–H groups in total. The highest BCUT2D eigenvalue weighted by atomic mass is 16.6. The van der Waals surface area contributed by atoms with Crippen molar-refractivity contribution in [1.82, 2.24) is 0 Å². The van der Waals surface area contributed by atoms with Crippen molar-refractivity contribution < 1.29 is 29.3 Å². The first-order chi connectivity index (χ1) is 13.0. The molecule has 6 rings (SSSR count). The van der Waals surface area contributed by atoms with Gasteiger partial charge >= 0.3 is 5.97 Å². The summed E-state index contributed by atoms with van der Waals surface area (Å²) in [7, 11) is 0. The van der Waals surface area contributed by atoms with E-state index in [0.29, 0.717) is 18.4 Å². The Balaban J connectivity index is 1.77. The lowest BCUT2D eigenvalue weighted by Gasteiger charge is -2.73. The van der Waals surface area contributed by atoms with Gasteiger partial charge in [0.25, 0.3) is 0 Å². The van der Waals surface area contributed by atoms with Crippen LogP contribution in [0.15, 0.2) is 12.2 Å². The van der Waals surface area contributed by atoms with E-state index in [0.717, 1.165) is 19.3 Å². The fourth-order valence-electron chi connectivity index (χ4n) is 8.28. The summed E-state index contributed by atoms with van der Waals surface area (Å²) in [5.74, 6) is -3.29. The molecule has 6 aliphatic rings. The Kier molecular flexibility index (Phi) is 3.53. The first-order valence-electron chi connectivity index (χ1n) is 10.5. The minimum Gasteiger partial charge on any atom is -0.462 e. The monoisotopic (exact) mass is 390 g/mol. The molecule has 8 unspecified atom stereocenters. The van der Waals surface area contributed by atoms with Crippen molar-refractivity contribution in [2.45, 2.75) is 70.9 Å². The summed E-state index contributed by atoms with van der Waals surface area (Å²) >= 11 is 0. The standard InChI is InChI=1S/C22H30O6/c1-11-13-8-14(28-12(2)23)15-20-7-5-6-19(3,4)16(20)18(25)22(26,27-10-20)21(15,9-13)17(11)24/h13-16,18,25-26H,1,5-10H2,2-4H3. The van der Waals surface area contributed by atoms with Crippen LogP contribution in [-0.4, -0.2) is 46.6 Å².